The average molecular weight is 204 g/mol. The summed E-state index contributed by atoms with van der Waals surface area (Å²) in [5.41, 5.74) is 0.621. The van der Waals surface area contributed by atoms with Gasteiger partial charge in [0.25, 0.3) is 0 Å². The monoisotopic (exact) mass is 204 g/mol. The first-order valence-corrected chi connectivity index (χ1v) is 4.65. The molecule has 3 nitrogen and oxygen atoms in total. The third-order valence-electron chi connectivity index (χ3n) is 1.88. The Bertz CT molecular complexity index is 376. The molecule has 0 saturated heterocycles. The molecule has 15 heavy (non-hydrogen) atoms. The Morgan fingerprint density at radius 1 is 1.33 bits per heavy atom. The summed E-state index contributed by atoms with van der Waals surface area (Å²) in [6, 6.07) is 6.45. The highest BCUT2D eigenvalue weighted by Gasteiger charge is 2.04. The van der Waals surface area contributed by atoms with E-state index in [1.807, 2.05) is 0 Å². The molecule has 1 aromatic carbocycles. The standard InChI is InChI=1S/C12H12O3/c1-3-11(13)9-5-7-10(8-6-9)15-12(14)4-2/h4-8H,2-3H2,1H3. The third-order valence-corrected chi connectivity index (χ3v) is 1.88. The van der Waals surface area contributed by atoms with E-state index in [1.54, 1.807) is 31.2 Å². The highest BCUT2D eigenvalue weighted by Crippen LogP contribution is 2.13. The molecule has 0 fully saturated rings. The van der Waals surface area contributed by atoms with E-state index >= 15 is 0 Å². The Hall–Kier alpha value is -1.90. The lowest BCUT2D eigenvalue weighted by Gasteiger charge is -2.02. The normalized spacial score (nSPS) is 9.40. The number of ether oxygens (including phenoxy) is 1. The third kappa shape index (κ3) is 3.06. The number of hydrogen-bond acceptors (Lipinski definition) is 3. The molecular weight excluding hydrogens is 192 g/mol. The van der Waals surface area contributed by atoms with Gasteiger partial charge in [-0.3, -0.25) is 4.79 Å². The summed E-state index contributed by atoms with van der Waals surface area (Å²) in [4.78, 5) is 22.1. The molecule has 0 N–H and O–H groups in total. The molecule has 0 aliphatic heterocycles. The Kier molecular flexibility index (Phi) is 3.80. The fourth-order valence-corrected chi connectivity index (χ4v) is 1.07. The smallest absolute Gasteiger partial charge is 0.335 e. The fourth-order valence-electron chi connectivity index (χ4n) is 1.07. The summed E-state index contributed by atoms with van der Waals surface area (Å²) in [5, 5.41) is 0. The van der Waals surface area contributed by atoms with Crippen molar-refractivity contribution in [3.63, 3.8) is 0 Å². The highest BCUT2D eigenvalue weighted by molar-refractivity contribution is 5.96. The van der Waals surface area contributed by atoms with E-state index in [9.17, 15) is 9.59 Å². The first-order valence-electron chi connectivity index (χ1n) is 4.65. The maximum absolute atomic E-state index is 11.3. The van der Waals surface area contributed by atoms with Crippen molar-refractivity contribution in [2.24, 2.45) is 0 Å². The second kappa shape index (κ2) is 5.10. The zero-order chi connectivity index (χ0) is 11.3. The zero-order valence-electron chi connectivity index (χ0n) is 8.53. The van der Waals surface area contributed by atoms with Crippen LogP contribution in [0.4, 0.5) is 0 Å². The number of ketones is 1. The molecule has 0 atom stereocenters. The van der Waals surface area contributed by atoms with Crippen LogP contribution in [-0.4, -0.2) is 11.8 Å². The van der Waals surface area contributed by atoms with Gasteiger partial charge in [-0.1, -0.05) is 13.5 Å². The van der Waals surface area contributed by atoms with Gasteiger partial charge in [0, 0.05) is 18.1 Å². The van der Waals surface area contributed by atoms with Crippen molar-refractivity contribution in [3.8, 4) is 5.75 Å². The number of rotatable bonds is 4. The minimum Gasteiger partial charge on any atom is -0.423 e. The van der Waals surface area contributed by atoms with Crippen LogP contribution in [0.5, 0.6) is 5.75 Å². The molecular formula is C12H12O3. The van der Waals surface area contributed by atoms with Gasteiger partial charge in [-0.2, -0.15) is 0 Å². The van der Waals surface area contributed by atoms with Gasteiger partial charge in [0.15, 0.2) is 5.78 Å². The Labute approximate surface area is 88.4 Å². The largest absolute Gasteiger partial charge is 0.423 e. The molecule has 0 spiro atoms. The van der Waals surface area contributed by atoms with Crippen molar-refractivity contribution in [3.05, 3.63) is 42.5 Å². The van der Waals surface area contributed by atoms with Crippen LogP contribution in [0, 0.1) is 0 Å². The molecule has 0 aliphatic carbocycles. The van der Waals surface area contributed by atoms with Gasteiger partial charge in [-0.15, -0.1) is 0 Å². The quantitative estimate of drug-likeness (QED) is 0.327. The number of benzene rings is 1. The lowest BCUT2D eigenvalue weighted by molar-refractivity contribution is -0.128. The second-order valence-corrected chi connectivity index (χ2v) is 2.93. The number of hydrogen-bond donors (Lipinski definition) is 0. The Balaban J connectivity index is 2.76. The second-order valence-electron chi connectivity index (χ2n) is 2.93. The van der Waals surface area contributed by atoms with Crippen molar-refractivity contribution < 1.29 is 14.3 Å². The summed E-state index contributed by atoms with van der Waals surface area (Å²) in [6.45, 7) is 5.09. The van der Waals surface area contributed by atoms with E-state index < -0.39 is 5.97 Å². The summed E-state index contributed by atoms with van der Waals surface area (Å²) in [5.74, 6) is -0.0336. The maximum Gasteiger partial charge on any atom is 0.335 e. The van der Waals surface area contributed by atoms with E-state index in [4.69, 9.17) is 4.74 Å². The zero-order valence-corrected chi connectivity index (χ0v) is 8.53. The van der Waals surface area contributed by atoms with E-state index in [0.717, 1.165) is 6.08 Å². The number of carbonyl (C=O) groups is 2. The van der Waals surface area contributed by atoms with Crippen LogP contribution >= 0.6 is 0 Å². The molecule has 0 bridgehead atoms. The summed E-state index contributed by atoms with van der Waals surface area (Å²) in [6.07, 6.45) is 1.55. The van der Waals surface area contributed by atoms with Gasteiger partial charge in [-0.25, -0.2) is 4.79 Å². The van der Waals surface area contributed by atoms with Gasteiger partial charge in [-0.05, 0) is 24.3 Å². The maximum atomic E-state index is 11.3. The summed E-state index contributed by atoms with van der Waals surface area (Å²) >= 11 is 0. The van der Waals surface area contributed by atoms with E-state index in [1.165, 1.54) is 0 Å². The molecule has 0 aromatic heterocycles. The molecule has 0 unspecified atom stereocenters. The molecule has 0 radical (unpaired) electrons. The number of Topliss-reactive ketones (excluding diaryl/α,β-unsaturated/α-hetero) is 1. The van der Waals surface area contributed by atoms with E-state index in [0.29, 0.717) is 17.7 Å². The molecule has 0 heterocycles. The Morgan fingerprint density at radius 3 is 2.40 bits per heavy atom. The van der Waals surface area contributed by atoms with Crippen molar-refractivity contribution >= 4 is 11.8 Å². The number of carbonyl (C=O) groups excluding carboxylic acids is 2. The van der Waals surface area contributed by atoms with Crippen LogP contribution in [-0.2, 0) is 4.79 Å². The number of esters is 1. The minimum absolute atomic E-state index is 0.0663. The van der Waals surface area contributed by atoms with E-state index in [-0.39, 0.29) is 5.78 Å². The van der Waals surface area contributed by atoms with Crippen LogP contribution in [0.3, 0.4) is 0 Å². The first kappa shape index (κ1) is 11.2. The van der Waals surface area contributed by atoms with Gasteiger partial charge >= 0.3 is 5.97 Å². The molecule has 3 heteroatoms. The molecule has 1 rings (SSSR count). The van der Waals surface area contributed by atoms with Crippen LogP contribution < -0.4 is 4.74 Å². The topological polar surface area (TPSA) is 43.4 Å². The SMILES string of the molecule is C=CC(=O)Oc1ccc(C(=O)CC)cc1. The lowest BCUT2D eigenvalue weighted by Crippen LogP contribution is -2.03. The van der Waals surface area contributed by atoms with Gasteiger partial charge in [0.05, 0.1) is 0 Å². The molecule has 78 valence electrons. The van der Waals surface area contributed by atoms with Crippen molar-refractivity contribution in [1.82, 2.24) is 0 Å². The predicted octanol–water partition coefficient (Wildman–Crippen LogP) is 2.37. The van der Waals surface area contributed by atoms with Crippen LogP contribution in [0.1, 0.15) is 23.7 Å². The predicted molar refractivity (Wildman–Crippen MR) is 56.9 cm³/mol. The van der Waals surface area contributed by atoms with Crippen molar-refractivity contribution in [2.75, 3.05) is 0 Å². The highest BCUT2D eigenvalue weighted by atomic mass is 16.5. The molecule has 0 aliphatic rings. The average Bonchev–Trinajstić information content (AvgIpc) is 2.29. The van der Waals surface area contributed by atoms with Gasteiger partial charge < -0.3 is 4.74 Å². The Morgan fingerprint density at radius 2 is 1.93 bits per heavy atom. The minimum atomic E-state index is -0.510. The van der Waals surface area contributed by atoms with Gasteiger partial charge in [0.1, 0.15) is 5.75 Å². The van der Waals surface area contributed by atoms with Crippen LogP contribution in [0.2, 0.25) is 0 Å². The summed E-state index contributed by atoms with van der Waals surface area (Å²) < 4.78 is 4.86. The van der Waals surface area contributed by atoms with Crippen molar-refractivity contribution in [2.45, 2.75) is 13.3 Å². The van der Waals surface area contributed by atoms with E-state index in [2.05, 4.69) is 6.58 Å². The van der Waals surface area contributed by atoms with Gasteiger partial charge in [0.2, 0.25) is 0 Å². The molecule has 1 aromatic rings. The van der Waals surface area contributed by atoms with Crippen LogP contribution in [0.25, 0.3) is 0 Å². The summed E-state index contributed by atoms with van der Waals surface area (Å²) in [7, 11) is 0. The first-order chi connectivity index (χ1) is 7.17. The van der Waals surface area contributed by atoms with Crippen LogP contribution in [0.15, 0.2) is 36.9 Å². The molecule has 0 amide bonds. The lowest BCUT2D eigenvalue weighted by atomic mass is 10.1. The molecule has 0 saturated carbocycles. The fraction of sp³-hybridized carbons (Fsp3) is 0.167. The van der Waals surface area contributed by atoms with Crippen molar-refractivity contribution in [1.29, 1.82) is 0 Å².